The predicted octanol–water partition coefficient (Wildman–Crippen LogP) is 4.16. The summed E-state index contributed by atoms with van der Waals surface area (Å²) in [7, 11) is 1.37. The maximum absolute atomic E-state index is 11.5. The standard InChI is InChI=1S/C19H18N2O3/c1-3-24-15-8-9-17-16(12-15)18(10-11-20-17)21-14-6-4-13(5-7-14)19(22)23-2/h4-12H,3H2,1-2H3,(H,20,21). The van der Waals surface area contributed by atoms with Crippen LogP contribution in [0.1, 0.15) is 17.3 Å². The minimum atomic E-state index is -0.350. The maximum Gasteiger partial charge on any atom is 0.337 e. The fraction of sp³-hybridized carbons (Fsp3) is 0.158. The van der Waals surface area contributed by atoms with Gasteiger partial charge >= 0.3 is 5.97 Å². The fourth-order valence-electron chi connectivity index (χ4n) is 2.45. The van der Waals surface area contributed by atoms with Crippen molar-refractivity contribution in [3.8, 4) is 5.75 Å². The van der Waals surface area contributed by atoms with Gasteiger partial charge in [-0.3, -0.25) is 4.98 Å². The van der Waals surface area contributed by atoms with Crippen molar-refractivity contribution in [1.82, 2.24) is 4.98 Å². The van der Waals surface area contributed by atoms with E-state index in [0.29, 0.717) is 12.2 Å². The van der Waals surface area contributed by atoms with Gasteiger partial charge < -0.3 is 14.8 Å². The van der Waals surface area contributed by atoms with Gasteiger partial charge in [0.2, 0.25) is 0 Å². The summed E-state index contributed by atoms with van der Waals surface area (Å²) in [6, 6.07) is 14.9. The van der Waals surface area contributed by atoms with E-state index in [4.69, 9.17) is 9.47 Å². The second-order valence-corrected chi connectivity index (χ2v) is 5.16. The van der Waals surface area contributed by atoms with Crippen LogP contribution >= 0.6 is 0 Å². The first-order valence-corrected chi connectivity index (χ1v) is 7.68. The lowest BCUT2D eigenvalue weighted by Crippen LogP contribution is -2.01. The summed E-state index contributed by atoms with van der Waals surface area (Å²) >= 11 is 0. The number of carbonyl (C=O) groups excluding carboxylic acids is 1. The van der Waals surface area contributed by atoms with Gasteiger partial charge in [0.1, 0.15) is 5.75 Å². The number of pyridine rings is 1. The van der Waals surface area contributed by atoms with E-state index in [1.165, 1.54) is 7.11 Å². The lowest BCUT2D eigenvalue weighted by Gasteiger charge is -2.11. The van der Waals surface area contributed by atoms with Crippen LogP contribution in [0.15, 0.2) is 54.7 Å². The van der Waals surface area contributed by atoms with Crippen LogP contribution in [0.3, 0.4) is 0 Å². The summed E-state index contributed by atoms with van der Waals surface area (Å²) < 4.78 is 10.3. The van der Waals surface area contributed by atoms with Gasteiger partial charge in [0.15, 0.2) is 0 Å². The molecule has 0 amide bonds. The molecule has 0 aliphatic rings. The Bertz CT molecular complexity index is 860. The number of fused-ring (bicyclic) bond motifs is 1. The molecule has 0 saturated heterocycles. The zero-order chi connectivity index (χ0) is 16.9. The molecule has 5 heteroatoms. The Balaban J connectivity index is 1.91. The zero-order valence-corrected chi connectivity index (χ0v) is 13.6. The molecule has 0 aliphatic carbocycles. The number of nitrogens with one attached hydrogen (secondary N) is 1. The number of methoxy groups -OCH3 is 1. The van der Waals surface area contributed by atoms with Crippen molar-refractivity contribution in [3.05, 3.63) is 60.3 Å². The van der Waals surface area contributed by atoms with Gasteiger partial charge in [-0.1, -0.05) is 0 Å². The highest BCUT2D eigenvalue weighted by molar-refractivity contribution is 5.94. The number of nitrogens with zero attached hydrogens (tertiary/aromatic N) is 1. The average molecular weight is 322 g/mol. The number of hydrogen-bond donors (Lipinski definition) is 1. The highest BCUT2D eigenvalue weighted by Gasteiger charge is 2.07. The largest absolute Gasteiger partial charge is 0.494 e. The number of anilines is 2. The highest BCUT2D eigenvalue weighted by Crippen LogP contribution is 2.28. The van der Waals surface area contributed by atoms with Crippen LogP contribution in [-0.4, -0.2) is 24.7 Å². The van der Waals surface area contributed by atoms with Gasteiger partial charge in [-0.05, 0) is 55.5 Å². The first kappa shape index (κ1) is 15.8. The number of ether oxygens (including phenoxy) is 2. The quantitative estimate of drug-likeness (QED) is 0.715. The van der Waals surface area contributed by atoms with E-state index in [1.807, 2.05) is 43.3 Å². The first-order chi connectivity index (χ1) is 11.7. The average Bonchev–Trinajstić information content (AvgIpc) is 2.62. The predicted molar refractivity (Wildman–Crippen MR) is 94.0 cm³/mol. The lowest BCUT2D eigenvalue weighted by molar-refractivity contribution is 0.0601. The molecule has 0 spiro atoms. The first-order valence-electron chi connectivity index (χ1n) is 7.68. The van der Waals surface area contributed by atoms with E-state index < -0.39 is 0 Å². The molecule has 0 radical (unpaired) electrons. The van der Waals surface area contributed by atoms with Crippen LogP contribution in [0.5, 0.6) is 5.75 Å². The molecule has 0 bridgehead atoms. The summed E-state index contributed by atoms with van der Waals surface area (Å²) in [4.78, 5) is 15.9. The Morgan fingerprint density at radius 3 is 2.62 bits per heavy atom. The van der Waals surface area contributed by atoms with Gasteiger partial charge in [0.25, 0.3) is 0 Å². The number of aromatic nitrogens is 1. The molecule has 0 atom stereocenters. The molecular formula is C19H18N2O3. The molecule has 24 heavy (non-hydrogen) atoms. The Kier molecular flexibility index (Phi) is 4.61. The number of benzene rings is 2. The Hall–Kier alpha value is -3.08. The molecule has 0 fully saturated rings. The normalized spacial score (nSPS) is 10.4. The second-order valence-electron chi connectivity index (χ2n) is 5.16. The molecule has 122 valence electrons. The topological polar surface area (TPSA) is 60.5 Å². The Morgan fingerprint density at radius 1 is 1.12 bits per heavy atom. The molecule has 1 aromatic heterocycles. The summed E-state index contributed by atoms with van der Waals surface area (Å²) in [6.07, 6.45) is 1.76. The van der Waals surface area contributed by atoms with E-state index in [1.54, 1.807) is 18.3 Å². The van der Waals surface area contributed by atoms with Crippen molar-refractivity contribution in [1.29, 1.82) is 0 Å². The molecule has 2 aromatic carbocycles. The van der Waals surface area contributed by atoms with E-state index in [0.717, 1.165) is 28.0 Å². The van der Waals surface area contributed by atoms with Crippen molar-refractivity contribution in [2.75, 3.05) is 19.0 Å². The minimum absolute atomic E-state index is 0.350. The molecule has 1 N–H and O–H groups in total. The van der Waals surface area contributed by atoms with Crippen molar-refractivity contribution < 1.29 is 14.3 Å². The smallest absolute Gasteiger partial charge is 0.337 e. The fourth-order valence-corrected chi connectivity index (χ4v) is 2.45. The third kappa shape index (κ3) is 3.30. The van der Waals surface area contributed by atoms with Crippen LogP contribution in [0.25, 0.3) is 10.9 Å². The van der Waals surface area contributed by atoms with Gasteiger partial charge in [-0.2, -0.15) is 0 Å². The molecule has 1 heterocycles. The second kappa shape index (κ2) is 7.00. The SMILES string of the molecule is CCOc1ccc2nccc(Nc3ccc(C(=O)OC)cc3)c2c1. The summed E-state index contributed by atoms with van der Waals surface area (Å²) in [6.45, 7) is 2.57. The van der Waals surface area contributed by atoms with Gasteiger partial charge in [0, 0.05) is 23.0 Å². The maximum atomic E-state index is 11.5. The molecular weight excluding hydrogens is 304 g/mol. The molecule has 0 saturated carbocycles. The molecule has 3 rings (SSSR count). The monoisotopic (exact) mass is 322 g/mol. The minimum Gasteiger partial charge on any atom is -0.494 e. The zero-order valence-electron chi connectivity index (χ0n) is 13.6. The lowest BCUT2D eigenvalue weighted by atomic mass is 10.1. The van der Waals surface area contributed by atoms with Crippen LogP contribution in [-0.2, 0) is 4.74 Å². The van der Waals surface area contributed by atoms with E-state index in [2.05, 4.69) is 10.3 Å². The van der Waals surface area contributed by atoms with Gasteiger partial charge in [-0.25, -0.2) is 4.79 Å². The number of rotatable bonds is 5. The van der Waals surface area contributed by atoms with E-state index >= 15 is 0 Å². The van der Waals surface area contributed by atoms with Gasteiger partial charge in [0.05, 0.1) is 24.8 Å². The third-order valence-corrected chi connectivity index (χ3v) is 3.61. The van der Waals surface area contributed by atoms with Crippen molar-refractivity contribution in [3.63, 3.8) is 0 Å². The van der Waals surface area contributed by atoms with Gasteiger partial charge in [-0.15, -0.1) is 0 Å². The number of hydrogen-bond acceptors (Lipinski definition) is 5. The highest BCUT2D eigenvalue weighted by atomic mass is 16.5. The molecule has 0 aliphatic heterocycles. The molecule has 5 nitrogen and oxygen atoms in total. The van der Waals surface area contributed by atoms with Crippen molar-refractivity contribution in [2.45, 2.75) is 6.92 Å². The van der Waals surface area contributed by atoms with E-state index in [9.17, 15) is 4.79 Å². The number of esters is 1. The number of carbonyl (C=O) groups is 1. The Morgan fingerprint density at radius 2 is 1.92 bits per heavy atom. The van der Waals surface area contributed by atoms with Crippen LogP contribution in [0.2, 0.25) is 0 Å². The summed E-state index contributed by atoms with van der Waals surface area (Å²) in [5.74, 6) is 0.458. The van der Waals surface area contributed by atoms with Crippen LogP contribution < -0.4 is 10.1 Å². The third-order valence-electron chi connectivity index (χ3n) is 3.61. The summed E-state index contributed by atoms with van der Waals surface area (Å²) in [5, 5.41) is 4.33. The van der Waals surface area contributed by atoms with Crippen molar-refractivity contribution in [2.24, 2.45) is 0 Å². The molecule has 3 aromatic rings. The summed E-state index contributed by atoms with van der Waals surface area (Å²) in [5.41, 5.74) is 3.19. The van der Waals surface area contributed by atoms with Crippen molar-refractivity contribution >= 4 is 28.2 Å². The van der Waals surface area contributed by atoms with Crippen LogP contribution in [0, 0.1) is 0 Å². The Labute approximate surface area is 140 Å². The molecule has 0 unspecified atom stereocenters. The van der Waals surface area contributed by atoms with E-state index in [-0.39, 0.29) is 5.97 Å². The van der Waals surface area contributed by atoms with Crippen LogP contribution in [0.4, 0.5) is 11.4 Å².